The van der Waals surface area contributed by atoms with Crippen LogP contribution in [-0.2, 0) is 0 Å². The van der Waals surface area contributed by atoms with Crippen molar-refractivity contribution < 1.29 is 0 Å². The van der Waals surface area contributed by atoms with E-state index >= 15 is 0 Å². The van der Waals surface area contributed by atoms with Crippen molar-refractivity contribution in [3.05, 3.63) is 0 Å². The molecule has 0 aromatic heterocycles. The first-order valence-electron chi connectivity index (χ1n) is 6.30. The van der Waals surface area contributed by atoms with E-state index in [-0.39, 0.29) is 0 Å². The molecule has 0 aliphatic heterocycles. The summed E-state index contributed by atoms with van der Waals surface area (Å²) in [4.78, 5) is 0. The molecule has 0 aromatic carbocycles. The highest BCUT2D eigenvalue weighted by Crippen LogP contribution is 2.55. The molecule has 1 heteroatoms. The zero-order valence-electron chi connectivity index (χ0n) is 9.81. The van der Waals surface area contributed by atoms with E-state index in [1.54, 1.807) is 0 Å². The summed E-state index contributed by atoms with van der Waals surface area (Å²) in [5, 5.41) is 0. The molecule has 1 nitrogen and oxygen atoms in total. The molecule has 2 aliphatic rings. The molecule has 2 unspecified atom stereocenters. The molecule has 0 spiro atoms. The topological polar surface area (TPSA) is 26.0 Å². The van der Waals surface area contributed by atoms with Crippen molar-refractivity contribution in [3.63, 3.8) is 0 Å². The predicted octanol–water partition coefficient (Wildman–Crippen LogP) is 3.33. The van der Waals surface area contributed by atoms with Gasteiger partial charge in [0.2, 0.25) is 0 Å². The molecule has 2 saturated carbocycles. The fourth-order valence-corrected chi connectivity index (χ4v) is 3.76. The lowest BCUT2D eigenvalue weighted by Crippen LogP contribution is -2.40. The molecule has 2 N–H and O–H groups in total. The van der Waals surface area contributed by atoms with E-state index in [9.17, 15) is 0 Å². The minimum absolute atomic E-state index is 0.509. The summed E-state index contributed by atoms with van der Waals surface area (Å²) in [5.41, 5.74) is 7.21. The summed E-state index contributed by atoms with van der Waals surface area (Å²) in [6, 6.07) is 0. The third kappa shape index (κ3) is 1.60. The van der Waals surface area contributed by atoms with Gasteiger partial charge in [-0.2, -0.15) is 0 Å². The van der Waals surface area contributed by atoms with Crippen molar-refractivity contribution in [2.75, 3.05) is 6.54 Å². The highest BCUT2D eigenvalue weighted by Gasteiger charge is 2.45. The van der Waals surface area contributed by atoms with Gasteiger partial charge in [0.15, 0.2) is 0 Å². The molecule has 2 rings (SSSR count). The van der Waals surface area contributed by atoms with Crippen molar-refractivity contribution in [3.8, 4) is 0 Å². The van der Waals surface area contributed by atoms with E-state index in [1.165, 1.54) is 44.9 Å². The number of rotatable bonds is 3. The van der Waals surface area contributed by atoms with Gasteiger partial charge in [0.1, 0.15) is 0 Å². The Morgan fingerprint density at radius 1 is 1.21 bits per heavy atom. The Labute approximate surface area is 88.4 Å². The molecule has 0 saturated heterocycles. The zero-order chi connectivity index (χ0) is 10.2. The first-order valence-corrected chi connectivity index (χ1v) is 6.30. The van der Waals surface area contributed by atoms with Crippen LogP contribution < -0.4 is 5.73 Å². The third-order valence-corrected chi connectivity index (χ3v) is 5.10. The van der Waals surface area contributed by atoms with Gasteiger partial charge in [-0.25, -0.2) is 0 Å². The minimum Gasteiger partial charge on any atom is -0.330 e. The summed E-state index contributed by atoms with van der Waals surface area (Å²) >= 11 is 0. The lowest BCUT2D eigenvalue weighted by atomic mass is 9.59. The Bertz CT molecular complexity index is 207. The van der Waals surface area contributed by atoms with Gasteiger partial charge in [-0.3, -0.25) is 0 Å². The van der Waals surface area contributed by atoms with Crippen LogP contribution in [0.25, 0.3) is 0 Å². The maximum absolute atomic E-state index is 6.05. The highest BCUT2D eigenvalue weighted by molar-refractivity contribution is 4.97. The zero-order valence-corrected chi connectivity index (χ0v) is 9.81. The average Bonchev–Trinajstić information content (AvgIpc) is 2.46. The number of hydrogen-bond donors (Lipinski definition) is 1. The van der Waals surface area contributed by atoms with Gasteiger partial charge in [0, 0.05) is 0 Å². The van der Waals surface area contributed by atoms with Crippen molar-refractivity contribution in [1.82, 2.24) is 0 Å². The molecule has 0 aromatic rings. The van der Waals surface area contributed by atoms with Crippen LogP contribution in [0.4, 0.5) is 0 Å². The molecule has 2 fully saturated rings. The largest absolute Gasteiger partial charge is 0.330 e. The van der Waals surface area contributed by atoms with Crippen LogP contribution in [0.2, 0.25) is 0 Å². The molecule has 0 heterocycles. The second-order valence-electron chi connectivity index (χ2n) is 6.20. The van der Waals surface area contributed by atoms with E-state index in [1.807, 2.05) is 0 Å². The van der Waals surface area contributed by atoms with Crippen LogP contribution in [0.5, 0.6) is 0 Å². The quantitative estimate of drug-likeness (QED) is 0.734. The van der Waals surface area contributed by atoms with Gasteiger partial charge in [0.05, 0.1) is 0 Å². The lowest BCUT2D eigenvalue weighted by molar-refractivity contribution is 0.0500. The Morgan fingerprint density at radius 2 is 1.93 bits per heavy atom. The minimum atomic E-state index is 0.509. The Balaban J connectivity index is 2.04. The van der Waals surface area contributed by atoms with E-state index in [2.05, 4.69) is 13.8 Å². The normalized spacial score (nSPS) is 40.9. The fraction of sp³-hybridized carbons (Fsp3) is 1.00. The van der Waals surface area contributed by atoms with Gasteiger partial charge in [-0.15, -0.1) is 0 Å². The second kappa shape index (κ2) is 3.52. The summed E-state index contributed by atoms with van der Waals surface area (Å²) in [7, 11) is 0. The summed E-state index contributed by atoms with van der Waals surface area (Å²) < 4.78 is 0. The SMILES string of the molecule is CC1CCCC1(CN)CC1(C)CCC1. The summed E-state index contributed by atoms with van der Waals surface area (Å²) in [5.74, 6) is 0.866. The monoisotopic (exact) mass is 195 g/mol. The molecule has 0 amide bonds. The molecular weight excluding hydrogens is 170 g/mol. The predicted molar refractivity (Wildman–Crippen MR) is 61.1 cm³/mol. The van der Waals surface area contributed by atoms with Gasteiger partial charge in [-0.1, -0.05) is 33.1 Å². The van der Waals surface area contributed by atoms with E-state index in [4.69, 9.17) is 5.73 Å². The van der Waals surface area contributed by atoms with Crippen molar-refractivity contribution in [2.24, 2.45) is 22.5 Å². The van der Waals surface area contributed by atoms with Crippen molar-refractivity contribution in [2.45, 2.75) is 58.8 Å². The number of nitrogens with two attached hydrogens (primary N) is 1. The van der Waals surface area contributed by atoms with Gasteiger partial charge >= 0.3 is 0 Å². The fourth-order valence-electron chi connectivity index (χ4n) is 3.76. The van der Waals surface area contributed by atoms with E-state index < -0.39 is 0 Å². The maximum atomic E-state index is 6.05. The first-order chi connectivity index (χ1) is 6.60. The van der Waals surface area contributed by atoms with Gasteiger partial charge in [-0.05, 0) is 49.0 Å². The molecule has 2 atom stereocenters. The van der Waals surface area contributed by atoms with Gasteiger partial charge in [0.25, 0.3) is 0 Å². The van der Waals surface area contributed by atoms with Crippen LogP contribution in [0.1, 0.15) is 58.8 Å². The van der Waals surface area contributed by atoms with E-state index in [0.717, 1.165) is 12.5 Å². The molecule has 82 valence electrons. The van der Waals surface area contributed by atoms with Crippen LogP contribution in [0.15, 0.2) is 0 Å². The van der Waals surface area contributed by atoms with Crippen LogP contribution in [-0.4, -0.2) is 6.54 Å². The summed E-state index contributed by atoms with van der Waals surface area (Å²) in [6.45, 7) is 5.81. The number of hydrogen-bond acceptors (Lipinski definition) is 1. The Kier molecular flexibility index (Phi) is 2.63. The van der Waals surface area contributed by atoms with Crippen LogP contribution >= 0.6 is 0 Å². The molecular formula is C13H25N. The third-order valence-electron chi connectivity index (χ3n) is 5.10. The van der Waals surface area contributed by atoms with Crippen LogP contribution in [0, 0.1) is 16.7 Å². The molecule has 0 radical (unpaired) electrons. The highest BCUT2D eigenvalue weighted by atomic mass is 14.6. The lowest BCUT2D eigenvalue weighted by Gasteiger charge is -2.47. The van der Waals surface area contributed by atoms with E-state index in [0.29, 0.717) is 10.8 Å². The molecule has 0 bridgehead atoms. The Hall–Kier alpha value is -0.0400. The smallest absolute Gasteiger partial charge is 0.00178 e. The summed E-state index contributed by atoms with van der Waals surface area (Å²) in [6.07, 6.45) is 9.95. The van der Waals surface area contributed by atoms with Crippen molar-refractivity contribution >= 4 is 0 Å². The maximum Gasteiger partial charge on any atom is -0.00178 e. The van der Waals surface area contributed by atoms with Crippen LogP contribution in [0.3, 0.4) is 0 Å². The Morgan fingerprint density at radius 3 is 2.29 bits per heavy atom. The first kappa shape index (κ1) is 10.5. The van der Waals surface area contributed by atoms with Gasteiger partial charge < -0.3 is 5.73 Å². The van der Waals surface area contributed by atoms with Crippen molar-refractivity contribution in [1.29, 1.82) is 0 Å². The standard InChI is InChI=1S/C13H25N/c1-11-5-3-8-13(11,10-14)9-12(2)6-4-7-12/h11H,3-10,14H2,1-2H3. The molecule has 2 aliphatic carbocycles. The second-order valence-corrected chi connectivity index (χ2v) is 6.20. The molecule has 14 heavy (non-hydrogen) atoms. The average molecular weight is 195 g/mol.